The number of hydrogen-bond donors (Lipinski definition) is 2. The van der Waals surface area contributed by atoms with E-state index in [4.69, 9.17) is 0 Å². The van der Waals surface area contributed by atoms with Crippen LogP contribution in [0.4, 0.5) is 4.39 Å². The Bertz CT molecular complexity index is 572. The van der Waals surface area contributed by atoms with E-state index in [0.717, 1.165) is 29.9 Å². The van der Waals surface area contributed by atoms with Crippen LogP contribution in [0.15, 0.2) is 23.1 Å². The minimum atomic E-state index is -3.77. The maximum Gasteiger partial charge on any atom is 0.243 e. The lowest BCUT2D eigenvalue weighted by Crippen LogP contribution is -2.31. The van der Waals surface area contributed by atoms with Gasteiger partial charge >= 0.3 is 0 Å². The fourth-order valence-corrected chi connectivity index (χ4v) is 4.71. The summed E-state index contributed by atoms with van der Waals surface area (Å²) in [6.45, 7) is 0.894. The van der Waals surface area contributed by atoms with Crippen molar-refractivity contribution in [2.75, 3.05) is 25.1 Å². The molecule has 0 spiro atoms. The summed E-state index contributed by atoms with van der Waals surface area (Å²) < 4.78 is 40.9. The molecule has 7 heteroatoms. The molecule has 0 atom stereocenters. The molecular formula is C14H21FN2O2S2. The summed E-state index contributed by atoms with van der Waals surface area (Å²) in [6.07, 6.45) is 2.02. The molecule has 0 amide bonds. The van der Waals surface area contributed by atoms with Crippen LogP contribution in [0.1, 0.15) is 18.4 Å². The standard InChI is InChI=1S/C14H21FN2O2S2/c1-16-9-12-2-3-14(13(15)8-12)21(18,19)17-10-11-4-6-20-7-5-11/h2-3,8,11,16-17H,4-7,9-10H2,1H3. The third-order valence-electron chi connectivity index (χ3n) is 3.57. The Morgan fingerprint density at radius 1 is 1.33 bits per heavy atom. The number of benzene rings is 1. The van der Waals surface area contributed by atoms with Crippen molar-refractivity contribution < 1.29 is 12.8 Å². The van der Waals surface area contributed by atoms with Crippen LogP contribution < -0.4 is 10.0 Å². The quantitative estimate of drug-likeness (QED) is 0.836. The van der Waals surface area contributed by atoms with Crippen LogP contribution in [0, 0.1) is 11.7 Å². The van der Waals surface area contributed by atoms with Gasteiger partial charge in [0.05, 0.1) is 0 Å². The van der Waals surface area contributed by atoms with E-state index in [-0.39, 0.29) is 4.90 Å². The van der Waals surface area contributed by atoms with Gasteiger partial charge in [-0.05, 0) is 55.0 Å². The van der Waals surface area contributed by atoms with Gasteiger partial charge in [0.1, 0.15) is 10.7 Å². The van der Waals surface area contributed by atoms with E-state index in [9.17, 15) is 12.8 Å². The van der Waals surface area contributed by atoms with Crippen LogP contribution in [0.3, 0.4) is 0 Å². The first-order valence-corrected chi connectivity index (χ1v) is 9.67. The van der Waals surface area contributed by atoms with Crippen molar-refractivity contribution in [1.82, 2.24) is 10.0 Å². The molecule has 1 aliphatic heterocycles. The van der Waals surface area contributed by atoms with E-state index in [1.165, 1.54) is 12.1 Å². The van der Waals surface area contributed by atoms with Gasteiger partial charge in [-0.3, -0.25) is 0 Å². The van der Waals surface area contributed by atoms with Gasteiger partial charge in [-0.15, -0.1) is 0 Å². The molecule has 1 aliphatic rings. The summed E-state index contributed by atoms with van der Waals surface area (Å²) in [5.74, 6) is 1.79. The van der Waals surface area contributed by atoms with Crippen LogP contribution in [0.25, 0.3) is 0 Å². The molecule has 0 radical (unpaired) electrons. The second-order valence-corrected chi connectivity index (χ2v) is 8.16. The van der Waals surface area contributed by atoms with Crippen LogP contribution in [-0.2, 0) is 16.6 Å². The Morgan fingerprint density at radius 3 is 2.67 bits per heavy atom. The van der Waals surface area contributed by atoms with Crippen LogP contribution >= 0.6 is 11.8 Å². The molecular weight excluding hydrogens is 311 g/mol. The first-order valence-electron chi connectivity index (χ1n) is 7.03. The summed E-state index contributed by atoms with van der Waals surface area (Å²) >= 11 is 1.89. The number of thioether (sulfide) groups is 1. The maximum absolute atomic E-state index is 14.0. The molecule has 0 aliphatic carbocycles. The highest BCUT2D eigenvalue weighted by Gasteiger charge is 2.21. The first kappa shape index (κ1) is 16.7. The fraction of sp³-hybridized carbons (Fsp3) is 0.571. The summed E-state index contributed by atoms with van der Waals surface area (Å²) in [5, 5.41) is 2.90. The zero-order chi connectivity index (χ0) is 15.3. The molecule has 1 aromatic carbocycles. The highest BCUT2D eigenvalue weighted by Crippen LogP contribution is 2.23. The van der Waals surface area contributed by atoms with Crippen LogP contribution in [-0.4, -0.2) is 33.5 Å². The van der Waals surface area contributed by atoms with E-state index in [0.29, 0.717) is 19.0 Å². The van der Waals surface area contributed by atoms with Gasteiger partial charge in [-0.2, -0.15) is 11.8 Å². The van der Waals surface area contributed by atoms with E-state index in [1.54, 1.807) is 13.1 Å². The van der Waals surface area contributed by atoms with Crippen molar-refractivity contribution in [2.24, 2.45) is 5.92 Å². The van der Waals surface area contributed by atoms with E-state index in [1.807, 2.05) is 11.8 Å². The smallest absolute Gasteiger partial charge is 0.243 e. The topological polar surface area (TPSA) is 58.2 Å². The Morgan fingerprint density at radius 2 is 2.05 bits per heavy atom. The number of halogens is 1. The second kappa shape index (κ2) is 7.58. The van der Waals surface area contributed by atoms with Crippen molar-refractivity contribution in [3.8, 4) is 0 Å². The second-order valence-electron chi connectivity index (χ2n) is 5.20. The van der Waals surface area contributed by atoms with Crippen molar-refractivity contribution in [1.29, 1.82) is 0 Å². The van der Waals surface area contributed by atoms with Crippen LogP contribution in [0.2, 0.25) is 0 Å². The minimum Gasteiger partial charge on any atom is -0.316 e. The molecule has 2 rings (SSSR count). The Balaban J connectivity index is 2.04. The third-order valence-corrected chi connectivity index (χ3v) is 6.08. The Kier molecular flexibility index (Phi) is 6.04. The monoisotopic (exact) mass is 332 g/mol. The molecule has 0 unspecified atom stereocenters. The largest absolute Gasteiger partial charge is 0.316 e. The first-order chi connectivity index (χ1) is 10.0. The third kappa shape index (κ3) is 4.67. The molecule has 1 saturated heterocycles. The van der Waals surface area contributed by atoms with Crippen molar-refractivity contribution in [2.45, 2.75) is 24.3 Å². The lowest BCUT2D eigenvalue weighted by atomic mass is 10.0. The lowest BCUT2D eigenvalue weighted by molar-refractivity contribution is 0.475. The molecule has 4 nitrogen and oxygen atoms in total. The van der Waals surface area contributed by atoms with Gasteiger partial charge in [0.15, 0.2) is 0 Å². The van der Waals surface area contributed by atoms with Gasteiger partial charge < -0.3 is 5.32 Å². The van der Waals surface area contributed by atoms with Gasteiger partial charge in [0.2, 0.25) is 10.0 Å². The van der Waals surface area contributed by atoms with Gasteiger partial charge in [0.25, 0.3) is 0 Å². The highest BCUT2D eigenvalue weighted by molar-refractivity contribution is 7.99. The van der Waals surface area contributed by atoms with E-state index >= 15 is 0 Å². The number of nitrogens with one attached hydrogen (secondary N) is 2. The zero-order valence-electron chi connectivity index (χ0n) is 12.1. The molecule has 0 bridgehead atoms. The maximum atomic E-state index is 14.0. The molecule has 0 aromatic heterocycles. The fourth-order valence-electron chi connectivity index (χ4n) is 2.33. The summed E-state index contributed by atoms with van der Waals surface area (Å²) in [6, 6.07) is 4.23. The minimum absolute atomic E-state index is 0.271. The number of hydrogen-bond acceptors (Lipinski definition) is 4. The Hall–Kier alpha value is -0.630. The average Bonchev–Trinajstić information content (AvgIpc) is 2.46. The molecule has 2 N–H and O–H groups in total. The lowest BCUT2D eigenvalue weighted by Gasteiger charge is -2.21. The van der Waals surface area contributed by atoms with Crippen LogP contribution in [0.5, 0.6) is 0 Å². The molecule has 1 heterocycles. The number of rotatable bonds is 6. The normalized spacial score (nSPS) is 17.0. The molecule has 1 fully saturated rings. The molecule has 21 heavy (non-hydrogen) atoms. The molecule has 118 valence electrons. The summed E-state index contributed by atoms with van der Waals surface area (Å²) in [5.41, 5.74) is 0.721. The van der Waals surface area contributed by atoms with Crippen molar-refractivity contribution in [3.05, 3.63) is 29.6 Å². The average molecular weight is 332 g/mol. The number of sulfonamides is 1. The summed E-state index contributed by atoms with van der Waals surface area (Å²) in [4.78, 5) is -0.271. The van der Waals surface area contributed by atoms with E-state index in [2.05, 4.69) is 10.0 Å². The predicted molar refractivity (Wildman–Crippen MR) is 84.4 cm³/mol. The summed E-state index contributed by atoms with van der Waals surface area (Å²) in [7, 11) is -2.02. The van der Waals surface area contributed by atoms with Gasteiger partial charge in [0, 0.05) is 13.1 Å². The predicted octanol–water partition coefficient (Wildman–Crippen LogP) is 1.97. The van der Waals surface area contributed by atoms with E-state index < -0.39 is 15.8 Å². The zero-order valence-corrected chi connectivity index (χ0v) is 13.7. The highest BCUT2D eigenvalue weighted by atomic mass is 32.2. The van der Waals surface area contributed by atoms with Crippen molar-refractivity contribution in [3.63, 3.8) is 0 Å². The van der Waals surface area contributed by atoms with Gasteiger partial charge in [-0.25, -0.2) is 17.5 Å². The Labute approximate surface area is 129 Å². The molecule has 1 aromatic rings. The van der Waals surface area contributed by atoms with Gasteiger partial charge in [-0.1, -0.05) is 6.07 Å². The molecule has 0 saturated carbocycles. The van der Waals surface area contributed by atoms with Crippen molar-refractivity contribution >= 4 is 21.8 Å². The SMILES string of the molecule is CNCc1ccc(S(=O)(=O)NCC2CCSCC2)c(F)c1.